The fraction of sp³-hybridized carbons (Fsp3) is 0.0370. The van der Waals surface area contributed by atoms with E-state index in [1.54, 1.807) is 11.3 Å². The number of carbonyl (C=O) groups excluding carboxylic acids is 1. The Morgan fingerprint density at radius 2 is 1.53 bits per heavy atom. The van der Waals surface area contributed by atoms with E-state index in [-0.39, 0.29) is 16.5 Å². The van der Waals surface area contributed by atoms with Gasteiger partial charge in [0.2, 0.25) is 0 Å². The van der Waals surface area contributed by atoms with Crippen LogP contribution in [0.4, 0.5) is 15.8 Å². The first-order valence-corrected chi connectivity index (χ1v) is 13.2. The number of halogens is 1. The van der Waals surface area contributed by atoms with E-state index in [4.69, 9.17) is 0 Å². The van der Waals surface area contributed by atoms with Gasteiger partial charge in [-0.25, -0.2) is 17.8 Å². The number of nitrogens with zero attached hydrogens (tertiary/aromatic N) is 1. The molecule has 1 amide bonds. The van der Waals surface area contributed by atoms with Crippen LogP contribution in [-0.4, -0.2) is 19.3 Å². The van der Waals surface area contributed by atoms with Crippen LogP contribution < -0.4 is 10.0 Å². The number of nitrogens with one attached hydrogen (secondary N) is 2. The minimum atomic E-state index is -3.87. The largest absolute Gasteiger partial charge is 0.322 e. The predicted octanol–water partition coefficient (Wildman–Crippen LogP) is 6.46. The van der Waals surface area contributed by atoms with Gasteiger partial charge in [-0.15, -0.1) is 11.3 Å². The highest BCUT2D eigenvalue weighted by molar-refractivity contribution is 7.92. The Hall–Kier alpha value is -4.08. The number of aromatic nitrogens is 1. The summed E-state index contributed by atoms with van der Waals surface area (Å²) < 4.78 is 41.5. The zero-order valence-corrected chi connectivity index (χ0v) is 20.7. The standard InChI is InChI=1S/C27H20FN3O3S2/c1-17-2-15-24-25(16-17)35-27(30-24)19-5-9-21(10-6-19)29-26(32)18-3-11-22(12-4-18)31-36(33,34)23-13-7-20(28)8-14-23/h2-16,31H,1H3,(H,29,32). The van der Waals surface area contributed by atoms with E-state index in [1.165, 1.54) is 42.0 Å². The molecule has 0 aliphatic heterocycles. The first-order chi connectivity index (χ1) is 17.3. The predicted molar refractivity (Wildman–Crippen MR) is 141 cm³/mol. The number of sulfonamides is 1. The average Bonchev–Trinajstić information content (AvgIpc) is 3.28. The maximum absolute atomic E-state index is 13.1. The lowest BCUT2D eigenvalue weighted by Crippen LogP contribution is -2.14. The number of aryl methyl sites for hydroxylation is 1. The lowest BCUT2D eigenvalue weighted by Gasteiger charge is -2.09. The Bertz CT molecular complexity index is 1660. The van der Waals surface area contributed by atoms with Crippen molar-refractivity contribution < 1.29 is 17.6 Å². The molecule has 5 rings (SSSR count). The van der Waals surface area contributed by atoms with Crippen molar-refractivity contribution in [2.24, 2.45) is 0 Å². The molecule has 36 heavy (non-hydrogen) atoms. The van der Waals surface area contributed by atoms with Gasteiger partial charge >= 0.3 is 0 Å². The summed E-state index contributed by atoms with van der Waals surface area (Å²) in [7, 11) is -3.87. The van der Waals surface area contributed by atoms with E-state index in [0.717, 1.165) is 32.9 Å². The third kappa shape index (κ3) is 5.12. The van der Waals surface area contributed by atoms with Crippen molar-refractivity contribution in [2.45, 2.75) is 11.8 Å². The smallest absolute Gasteiger partial charge is 0.261 e. The summed E-state index contributed by atoms with van der Waals surface area (Å²) in [6.07, 6.45) is 0. The molecule has 0 aliphatic carbocycles. The summed E-state index contributed by atoms with van der Waals surface area (Å²) in [5.74, 6) is -0.850. The molecule has 2 N–H and O–H groups in total. The average molecular weight is 518 g/mol. The quantitative estimate of drug-likeness (QED) is 0.270. The van der Waals surface area contributed by atoms with Crippen LogP contribution >= 0.6 is 11.3 Å². The SMILES string of the molecule is Cc1ccc2nc(-c3ccc(NC(=O)c4ccc(NS(=O)(=O)c5ccc(F)cc5)cc4)cc3)sc2c1. The number of hydrogen-bond donors (Lipinski definition) is 2. The molecule has 9 heteroatoms. The Morgan fingerprint density at radius 3 is 2.22 bits per heavy atom. The van der Waals surface area contributed by atoms with Gasteiger partial charge in [0.1, 0.15) is 10.8 Å². The van der Waals surface area contributed by atoms with E-state index in [0.29, 0.717) is 11.3 Å². The van der Waals surface area contributed by atoms with Gasteiger partial charge in [-0.05, 0) is 97.4 Å². The minimum Gasteiger partial charge on any atom is -0.322 e. The molecule has 180 valence electrons. The zero-order valence-electron chi connectivity index (χ0n) is 19.0. The molecule has 0 spiro atoms. The summed E-state index contributed by atoms with van der Waals surface area (Å²) in [5, 5.41) is 3.75. The fourth-order valence-corrected chi connectivity index (χ4v) is 5.70. The summed E-state index contributed by atoms with van der Waals surface area (Å²) in [6.45, 7) is 2.05. The molecule has 5 aromatic rings. The van der Waals surface area contributed by atoms with Gasteiger partial charge in [0, 0.05) is 22.5 Å². The summed E-state index contributed by atoms with van der Waals surface area (Å²) in [4.78, 5) is 17.3. The number of rotatable bonds is 6. The van der Waals surface area contributed by atoms with Gasteiger partial charge in [-0.2, -0.15) is 0 Å². The molecular weight excluding hydrogens is 497 g/mol. The maximum atomic E-state index is 13.1. The molecule has 0 radical (unpaired) electrons. The lowest BCUT2D eigenvalue weighted by molar-refractivity contribution is 0.102. The molecule has 0 aliphatic rings. The molecule has 0 fully saturated rings. The highest BCUT2D eigenvalue weighted by Gasteiger charge is 2.15. The number of fused-ring (bicyclic) bond motifs is 1. The van der Waals surface area contributed by atoms with Crippen LogP contribution in [0.3, 0.4) is 0 Å². The van der Waals surface area contributed by atoms with Crippen LogP contribution in [0.5, 0.6) is 0 Å². The maximum Gasteiger partial charge on any atom is 0.261 e. The van der Waals surface area contributed by atoms with Gasteiger partial charge in [0.25, 0.3) is 15.9 Å². The van der Waals surface area contributed by atoms with Crippen molar-refractivity contribution in [3.63, 3.8) is 0 Å². The van der Waals surface area contributed by atoms with Crippen molar-refractivity contribution in [3.05, 3.63) is 108 Å². The Kier molecular flexibility index (Phi) is 6.26. The Balaban J connectivity index is 1.25. The number of hydrogen-bond acceptors (Lipinski definition) is 5. The Morgan fingerprint density at radius 1 is 0.861 bits per heavy atom. The Labute approximate surface area is 211 Å². The third-order valence-electron chi connectivity index (χ3n) is 5.46. The van der Waals surface area contributed by atoms with E-state index >= 15 is 0 Å². The van der Waals surface area contributed by atoms with Crippen LogP contribution in [0.2, 0.25) is 0 Å². The van der Waals surface area contributed by atoms with Crippen molar-refractivity contribution in [1.29, 1.82) is 0 Å². The van der Waals surface area contributed by atoms with Crippen molar-refractivity contribution in [2.75, 3.05) is 10.0 Å². The molecule has 0 saturated carbocycles. The van der Waals surface area contributed by atoms with E-state index < -0.39 is 15.8 Å². The molecule has 0 bridgehead atoms. The molecule has 4 aromatic carbocycles. The summed E-state index contributed by atoms with van der Waals surface area (Å²) in [5.41, 5.74) is 4.39. The first-order valence-electron chi connectivity index (χ1n) is 10.9. The van der Waals surface area contributed by atoms with Gasteiger partial charge in [0.15, 0.2) is 0 Å². The van der Waals surface area contributed by atoms with Crippen LogP contribution in [0, 0.1) is 12.7 Å². The fourth-order valence-electron chi connectivity index (χ4n) is 3.57. The van der Waals surface area contributed by atoms with Crippen LogP contribution in [-0.2, 0) is 10.0 Å². The zero-order chi connectivity index (χ0) is 25.3. The number of thiazole rings is 1. The topological polar surface area (TPSA) is 88.2 Å². The number of anilines is 2. The van der Waals surface area contributed by atoms with Gasteiger partial charge in [-0.3, -0.25) is 9.52 Å². The number of carbonyl (C=O) groups is 1. The highest BCUT2D eigenvalue weighted by Crippen LogP contribution is 2.31. The van der Waals surface area contributed by atoms with Crippen molar-refractivity contribution in [3.8, 4) is 10.6 Å². The minimum absolute atomic E-state index is 0.0601. The number of amides is 1. The molecule has 6 nitrogen and oxygen atoms in total. The highest BCUT2D eigenvalue weighted by atomic mass is 32.2. The van der Waals surface area contributed by atoms with Gasteiger partial charge in [0.05, 0.1) is 15.1 Å². The molecule has 0 unspecified atom stereocenters. The van der Waals surface area contributed by atoms with Crippen LogP contribution in [0.15, 0.2) is 95.9 Å². The van der Waals surface area contributed by atoms with Crippen molar-refractivity contribution >= 4 is 48.9 Å². The van der Waals surface area contributed by atoms with E-state index in [9.17, 15) is 17.6 Å². The molecule has 1 heterocycles. The van der Waals surface area contributed by atoms with Crippen LogP contribution in [0.1, 0.15) is 15.9 Å². The monoisotopic (exact) mass is 517 g/mol. The summed E-state index contributed by atoms with van der Waals surface area (Å²) in [6, 6.07) is 24.2. The second-order valence-corrected chi connectivity index (χ2v) is 10.9. The lowest BCUT2D eigenvalue weighted by atomic mass is 10.1. The second kappa shape index (κ2) is 9.52. The second-order valence-electron chi connectivity index (χ2n) is 8.16. The van der Waals surface area contributed by atoms with Gasteiger partial charge < -0.3 is 5.32 Å². The molecule has 0 atom stereocenters. The normalized spacial score (nSPS) is 11.4. The van der Waals surface area contributed by atoms with Crippen LogP contribution in [0.25, 0.3) is 20.8 Å². The number of benzene rings is 4. The molecule has 0 saturated heterocycles. The molecule has 1 aromatic heterocycles. The first kappa shape index (κ1) is 23.7. The van der Waals surface area contributed by atoms with Gasteiger partial charge in [-0.1, -0.05) is 6.07 Å². The summed E-state index contributed by atoms with van der Waals surface area (Å²) >= 11 is 1.62. The van der Waals surface area contributed by atoms with E-state index in [2.05, 4.69) is 28.0 Å². The third-order valence-corrected chi connectivity index (χ3v) is 7.92. The molecular formula is C27H20FN3O3S2. The van der Waals surface area contributed by atoms with Crippen molar-refractivity contribution in [1.82, 2.24) is 4.98 Å². The van der Waals surface area contributed by atoms with E-state index in [1.807, 2.05) is 36.4 Å².